The first-order chi connectivity index (χ1) is 8.34. The van der Waals surface area contributed by atoms with E-state index < -0.39 is 0 Å². The summed E-state index contributed by atoms with van der Waals surface area (Å²) >= 11 is 9.37. The molecule has 0 radical (unpaired) electrons. The van der Waals surface area contributed by atoms with Crippen LogP contribution >= 0.6 is 35.1 Å². The van der Waals surface area contributed by atoms with Gasteiger partial charge in [0.05, 0.1) is 4.36 Å². The van der Waals surface area contributed by atoms with Crippen LogP contribution in [0.1, 0.15) is 0 Å². The number of hydrogen-bond acceptors (Lipinski definition) is 2. The smallest absolute Gasteiger partial charge is 0.0849 e. The van der Waals surface area contributed by atoms with Gasteiger partial charge in [0.15, 0.2) is 0 Å². The summed E-state index contributed by atoms with van der Waals surface area (Å²) in [6.45, 7) is 0. The van der Waals surface area contributed by atoms with Gasteiger partial charge in [0, 0.05) is 15.2 Å². The first-order valence-corrected chi connectivity index (χ1v) is 7.22. The first kappa shape index (κ1) is 12.6. The molecule has 0 bridgehead atoms. The van der Waals surface area contributed by atoms with Gasteiger partial charge in [0.2, 0.25) is 0 Å². The maximum Gasteiger partial charge on any atom is 0.0849 e. The van der Waals surface area contributed by atoms with Crippen LogP contribution in [-0.2, 0) is 0 Å². The van der Waals surface area contributed by atoms with Crippen LogP contribution in [0.3, 0.4) is 0 Å². The molecule has 2 aromatic carbocycles. The predicted octanol–water partition coefficient (Wildman–Crippen LogP) is 5.61. The quantitative estimate of drug-likeness (QED) is 0.667. The van der Waals surface area contributed by atoms with Crippen molar-refractivity contribution in [2.45, 2.75) is 9.79 Å². The van der Waals surface area contributed by atoms with Crippen LogP contribution in [0.2, 0.25) is 0 Å². The minimum atomic E-state index is 0.782. The van der Waals surface area contributed by atoms with Crippen LogP contribution in [0, 0.1) is 0 Å². The third-order valence-electron chi connectivity index (χ3n) is 1.99. The Hall–Kier alpha value is -0.830. The maximum absolute atomic E-state index is 6.17. The van der Waals surface area contributed by atoms with Crippen molar-refractivity contribution < 1.29 is 0 Å². The van der Waals surface area contributed by atoms with E-state index in [2.05, 4.69) is 12.1 Å². The lowest BCUT2D eigenvalue weighted by atomic mass is 10.4. The fraction of sp³-hybridized carbons (Fsp3) is 0. The topological polar surface area (TPSA) is 0 Å². The van der Waals surface area contributed by atoms with Crippen molar-refractivity contribution in [3.63, 3.8) is 0 Å². The predicted molar refractivity (Wildman–Crippen MR) is 78.5 cm³/mol. The molecule has 86 valence electrons. The number of benzene rings is 2. The molecule has 0 aromatic heterocycles. The second kappa shape index (κ2) is 6.80. The molecule has 0 amide bonds. The molecular weight excluding hydrogens is 268 g/mol. The highest BCUT2D eigenvalue weighted by Crippen LogP contribution is 2.32. The first-order valence-electron chi connectivity index (χ1n) is 5.15. The molecule has 0 unspecified atom stereocenters. The Balaban J connectivity index is 1.94. The number of hydrogen-bond donors (Lipinski definition) is 0. The molecule has 0 aliphatic carbocycles. The normalized spacial score (nSPS) is 11.5. The third kappa shape index (κ3) is 4.50. The summed E-state index contributed by atoms with van der Waals surface area (Å²) in [5.74, 6) is 0. The second-order valence-corrected chi connectivity index (χ2v) is 5.96. The Kier molecular flexibility index (Phi) is 5.05. The molecule has 0 saturated carbocycles. The summed E-state index contributed by atoms with van der Waals surface area (Å²) < 4.78 is 0.782. The van der Waals surface area contributed by atoms with E-state index >= 15 is 0 Å². The standard InChI is InChI=1S/C14H11ClS2/c15-14(17-13-9-5-2-6-10-13)11-16-12-7-3-1-4-8-12/h1-11H. The molecule has 2 rings (SSSR count). The van der Waals surface area contributed by atoms with Crippen LogP contribution in [0.5, 0.6) is 0 Å². The molecule has 0 aliphatic rings. The Morgan fingerprint density at radius 2 is 1.35 bits per heavy atom. The number of rotatable bonds is 4. The molecule has 0 fully saturated rings. The summed E-state index contributed by atoms with van der Waals surface area (Å²) in [4.78, 5) is 2.35. The molecule has 0 N–H and O–H groups in total. The third-order valence-corrected chi connectivity index (χ3v) is 4.33. The molecule has 0 spiro atoms. The van der Waals surface area contributed by atoms with Crippen LogP contribution in [-0.4, -0.2) is 0 Å². The fourth-order valence-corrected chi connectivity index (χ4v) is 3.04. The van der Waals surface area contributed by atoms with Crippen molar-refractivity contribution in [2.75, 3.05) is 0 Å². The summed E-state index contributed by atoms with van der Waals surface area (Å²) in [6.07, 6.45) is 0. The molecule has 0 heterocycles. The average molecular weight is 279 g/mol. The second-order valence-electron chi connectivity index (χ2n) is 3.27. The minimum absolute atomic E-state index is 0.782. The van der Waals surface area contributed by atoms with Gasteiger partial charge in [-0.15, -0.1) is 0 Å². The summed E-state index contributed by atoms with van der Waals surface area (Å²) in [5, 5.41) is 1.97. The largest absolute Gasteiger partial charge is 0.0960 e. The van der Waals surface area contributed by atoms with Crippen molar-refractivity contribution in [3.8, 4) is 0 Å². The molecule has 2 aromatic rings. The lowest BCUT2D eigenvalue weighted by Crippen LogP contribution is -1.69. The van der Waals surface area contributed by atoms with E-state index in [1.54, 1.807) is 23.5 Å². The zero-order valence-corrected chi connectivity index (χ0v) is 11.4. The fourth-order valence-electron chi connectivity index (χ4n) is 1.24. The molecule has 0 nitrogen and oxygen atoms in total. The van der Waals surface area contributed by atoms with Gasteiger partial charge in [-0.3, -0.25) is 0 Å². The van der Waals surface area contributed by atoms with E-state index in [1.807, 2.05) is 53.9 Å². The SMILES string of the molecule is ClC(=CSc1ccccc1)Sc1ccccc1. The van der Waals surface area contributed by atoms with Gasteiger partial charge in [0.25, 0.3) is 0 Å². The molecular formula is C14H11ClS2. The zero-order chi connectivity index (χ0) is 11.9. The lowest BCUT2D eigenvalue weighted by Gasteiger charge is -1.99. The van der Waals surface area contributed by atoms with Gasteiger partial charge in [0.1, 0.15) is 0 Å². The van der Waals surface area contributed by atoms with Crippen molar-refractivity contribution in [2.24, 2.45) is 0 Å². The molecule has 17 heavy (non-hydrogen) atoms. The van der Waals surface area contributed by atoms with E-state index in [1.165, 1.54) is 4.90 Å². The molecule has 0 atom stereocenters. The lowest BCUT2D eigenvalue weighted by molar-refractivity contribution is 1.47. The van der Waals surface area contributed by atoms with Crippen LogP contribution < -0.4 is 0 Å². The van der Waals surface area contributed by atoms with Gasteiger partial charge < -0.3 is 0 Å². The van der Waals surface area contributed by atoms with E-state index in [0.717, 1.165) is 9.26 Å². The molecule has 0 saturated heterocycles. The molecule has 3 heteroatoms. The van der Waals surface area contributed by atoms with E-state index in [4.69, 9.17) is 11.6 Å². The van der Waals surface area contributed by atoms with Crippen molar-refractivity contribution in [3.05, 3.63) is 70.4 Å². The van der Waals surface area contributed by atoms with Crippen molar-refractivity contribution in [1.82, 2.24) is 0 Å². The zero-order valence-electron chi connectivity index (χ0n) is 9.05. The van der Waals surface area contributed by atoms with E-state index in [0.29, 0.717) is 0 Å². The highest BCUT2D eigenvalue weighted by atomic mass is 35.5. The van der Waals surface area contributed by atoms with E-state index in [-0.39, 0.29) is 0 Å². The highest BCUT2D eigenvalue weighted by Gasteiger charge is 1.97. The maximum atomic E-state index is 6.17. The Morgan fingerprint density at radius 1 is 0.824 bits per heavy atom. The minimum Gasteiger partial charge on any atom is -0.0960 e. The van der Waals surface area contributed by atoms with Crippen LogP contribution in [0.4, 0.5) is 0 Å². The van der Waals surface area contributed by atoms with Gasteiger partial charge >= 0.3 is 0 Å². The number of thioether (sulfide) groups is 2. The van der Waals surface area contributed by atoms with Gasteiger partial charge in [-0.05, 0) is 24.3 Å². The van der Waals surface area contributed by atoms with Crippen LogP contribution in [0.15, 0.2) is 80.2 Å². The summed E-state index contributed by atoms with van der Waals surface area (Å²) in [5.41, 5.74) is 0. The van der Waals surface area contributed by atoms with Crippen LogP contribution in [0.25, 0.3) is 0 Å². The Bertz CT molecular complexity index is 480. The summed E-state index contributed by atoms with van der Waals surface area (Å²) in [6, 6.07) is 20.3. The monoisotopic (exact) mass is 278 g/mol. The summed E-state index contributed by atoms with van der Waals surface area (Å²) in [7, 11) is 0. The Labute approximate surface area is 115 Å². The van der Waals surface area contributed by atoms with Crippen molar-refractivity contribution in [1.29, 1.82) is 0 Å². The highest BCUT2D eigenvalue weighted by molar-refractivity contribution is 8.07. The number of halogens is 1. The average Bonchev–Trinajstić information content (AvgIpc) is 2.39. The van der Waals surface area contributed by atoms with E-state index in [9.17, 15) is 0 Å². The van der Waals surface area contributed by atoms with Gasteiger partial charge in [-0.1, -0.05) is 71.5 Å². The van der Waals surface area contributed by atoms with Gasteiger partial charge in [-0.25, -0.2) is 0 Å². The van der Waals surface area contributed by atoms with Gasteiger partial charge in [-0.2, -0.15) is 0 Å². The Morgan fingerprint density at radius 3 is 1.94 bits per heavy atom. The molecule has 0 aliphatic heterocycles. The van der Waals surface area contributed by atoms with Crippen molar-refractivity contribution >= 4 is 35.1 Å².